The number of nitrogens with two attached hydrogens (primary N) is 1. The van der Waals surface area contributed by atoms with E-state index in [9.17, 15) is 5.21 Å². The topological polar surface area (TPSA) is 255 Å². The summed E-state index contributed by atoms with van der Waals surface area (Å²) >= 11 is 9.56. The van der Waals surface area contributed by atoms with E-state index in [0.717, 1.165) is 43.6 Å². The largest absolute Gasteiger partial charge is 0.410 e. The van der Waals surface area contributed by atoms with Gasteiger partial charge in [0, 0.05) is 33.4 Å². The standard InChI is InChI=1S/C10H9N5OS.C9H7N5O2S.C9H11N5O/c1-15-8-3-2-6(4-7(8)12-14-15)5-9-11-10(17)16-13-9;15-14-7-2-1-5(3-6(7)11-13-14)4-8-10-9(17)16-12-8;1-14-8-3-2-6(5-9(10)12-15)4-7(8)11-13-14/h2-4H,5H2,1H3,(H,11,13,17);1-3,15H,4H2,(H,10,12,17);2-4,15H,5H2,1H3,(H2,10,12). The van der Waals surface area contributed by atoms with Gasteiger partial charge in [0.25, 0.3) is 0 Å². The van der Waals surface area contributed by atoms with Gasteiger partial charge >= 0.3 is 9.67 Å². The number of nitrogens with one attached hydrogen (secondary N) is 2. The molecule has 5 aromatic heterocycles. The fourth-order valence-electron chi connectivity index (χ4n) is 4.76. The summed E-state index contributed by atoms with van der Waals surface area (Å²) in [6.45, 7) is 0. The first-order chi connectivity index (χ1) is 23.6. The summed E-state index contributed by atoms with van der Waals surface area (Å²) < 4.78 is 13.1. The van der Waals surface area contributed by atoms with Crippen molar-refractivity contribution in [2.75, 3.05) is 0 Å². The Kier molecular flexibility index (Phi) is 9.43. The molecule has 19 nitrogen and oxygen atoms in total. The number of benzene rings is 3. The summed E-state index contributed by atoms with van der Waals surface area (Å²) in [4.78, 5) is 9.18. The summed E-state index contributed by atoms with van der Waals surface area (Å²) in [5.41, 5.74) is 13.2. The molecule has 21 heteroatoms. The molecule has 0 saturated heterocycles. The first-order valence-electron chi connectivity index (χ1n) is 14.3. The third-order valence-corrected chi connectivity index (χ3v) is 7.41. The Bertz CT molecular complexity index is 2390. The molecule has 0 bridgehead atoms. The third-order valence-electron chi connectivity index (χ3n) is 7.06. The molecule has 6 N–H and O–H groups in total. The van der Waals surface area contributed by atoms with Crippen molar-refractivity contribution in [2.45, 2.75) is 19.3 Å². The van der Waals surface area contributed by atoms with Gasteiger partial charge in [-0.15, -0.1) is 15.3 Å². The van der Waals surface area contributed by atoms with Crippen molar-refractivity contribution >= 4 is 63.4 Å². The Morgan fingerprint density at radius 1 is 0.735 bits per heavy atom. The highest BCUT2D eigenvalue weighted by atomic mass is 32.1. The molecule has 0 aliphatic carbocycles. The second-order valence-electron chi connectivity index (χ2n) is 10.6. The maximum atomic E-state index is 9.29. The van der Waals surface area contributed by atoms with Crippen LogP contribution in [0.25, 0.3) is 33.1 Å². The van der Waals surface area contributed by atoms with Gasteiger partial charge in [0.2, 0.25) is 0 Å². The summed E-state index contributed by atoms with van der Waals surface area (Å²) in [6, 6.07) is 17.1. The SMILES string of the molecule is Cn1nnc2cc(C/C(N)=N/O)ccc21.Cn1nnc2cc(Cc3nc(=S)o[nH]3)ccc21.On1nnc2cc(Cc3nc(=S)o[nH]3)ccc21. The van der Waals surface area contributed by atoms with Crippen molar-refractivity contribution in [3.63, 3.8) is 0 Å². The van der Waals surface area contributed by atoms with E-state index in [1.165, 1.54) is 0 Å². The molecule has 0 aliphatic heterocycles. The van der Waals surface area contributed by atoms with Crippen LogP contribution in [0.4, 0.5) is 0 Å². The van der Waals surface area contributed by atoms with Crippen molar-refractivity contribution in [2.24, 2.45) is 25.0 Å². The molecule has 3 aromatic carbocycles. The molecule has 0 radical (unpaired) electrons. The van der Waals surface area contributed by atoms with E-state index < -0.39 is 0 Å². The summed E-state index contributed by atoms with van der Waals surface area (Å²) in [5, 5.41) is 49.2. The average molecular weight is 702 g/mol. The summed E-state index contributed by atoms with van der Waals surface area (Å²) in [7, 11) is 3.70. The highest BCUT2D eigenvalue weighted by Gasteiger charge is 2.08. The van der Waals surface area contributed by atoms with Crippen LogP contribution in [-0.2, 0) is 33.4 Å². The van der Waals surface area contributed by atoms with Crippen LogP contribution in [0, 0.1) is 9.67 Å². The number of oxime groups is 1. The van der Waals surface area contributed by atoms with E-state index in [1.54, 1.807) is 15.4 Å². The molecule has 0 fully saturated rings. The summed E-state index contributed by atoms with van der Waals surface area (Å²) in [6.07, 6.45) is 1.59. The number of H-pyrrole nitrogens is 2. The Morgan fingerprint density at radius 3 is 1.67 bits per heavy atom. The molecule has 250 valence electrons. The van der Waals surface area contributed by atoms with Crippen LogP contribution in [0.2, 0.25) is 0 Å². The number of fused-ring (bicyclic) bond motifs is 3. The monoisotopic (exact) mass is 701 g/mol. The lowest BCUT2D eigenvalue weighted by molar-refractivity contribution is 0.155. The molecule has 8 aromatic rings. The van der Waals surface area contributed by atoms with Gasteiger partial charge < -0.3 is 25.2 Å². The van der Waals surface area contributed by atoms with Crippen LogP contribution in [0.5, 0.6) is 0 Å². The third kappa shape index (κ3) is 7.80. The predicted molar refractivity (Wildman–Crippen MR) is 178 cm³/mol. The number of hydrogen-bond acceptors (Lipinski definition) is 15. The lowest BCUT2D eigenvalue weighted by Gasteiger charge is -1.99. The fraction of sp³-hybridized carbons (Fsp3) is 0.179. The molecule has 5 heterocycles. The molecular weight excluding hydrogens is 675 g/mol. The number of nitrogens with zero attached hydrogens (tertiary/aromatic N) is 12. The second-order valence-corrected chi connectivity index (χ2v) is 11.3. The lowest BCUT2D eigenvalue weighted by Crippen LogP contribution is -2.14. The van der Waals surface area contributed by atoms with Gasteiger partial charge in [-0.25, -0.2) is 19.7 Å². The van der Waals surface area contributed by atoms with Crippen molar-refractivity contribution in [3.8, 4) is 0 Å². The zero-order valence-corrected chi connectivity index (χ0v) is 27.4. The van der Waals surface area contributed by atoms with Crippen LogP contribution < -0.4 is 5.73 Å². The first kappa shape index (κ1) is 32.6. The zero-order chi connectivity index (χ0) is 34.5. The van der Waals surface area contributed by atoms with Gasteiger partial charge in [-0.3, -0.25) is 0 Å². The number of amidine groups is 1. The van der Waals surface area contributed by atoms with Crippen LogP contribution in [-0.4, -0.2) is 81.7 Å². The van der Waals surface area contributed by atoms with Gasteiger partial charge in [0.15, 0.2) is 0 Å². The van der Waals surface area contributed by atoms with Crippen LogP contribution in [0.3, 0.4) is 0 Å². The van der Waals surface area contributed by atoms with Crippen molar-refractivity contribution in [1.29, 1.82) is 0 Å². The lowest BCUT2D eigenvalue weighted by atomic mass is 10.1. The van der Waals surface area contributed by atoms with Gasteiger partial charge in [-0.2, -0.15) is 9.97 Å². The number of rotatable bonds is 6. The molecule has 0 spiro atoms. The van der Waals surface area contributed by atoms with Crippen LogP contribution in [0.15, 0.2) is 68.8 Å². The minimum atomic E-state index is 0.179. The Balaban J connectivity index is 0.000000128. The van der Waals surface area contributed by atoms with Crippen molar-refractivity contribution in [3.05, 3.63) is 92.6 Å². The van der Waals surface area contributed by atoms with E-state index in [2.05, 4.69) is 56.4 Å². The van der Waals surface area contributed by atoms with Crippen molar-refractivity contribution in [1.82, 2.24) is 65.4 Å². The smallest absolute Gasteiger partial charge is 0.314 e. The Labute approximate surface area is 284 Å². The molecule has 0 unspecified atom stereocenters. The van der Waals surface area contributed by atoms with E-state index >= 15 is 0 Å². The van der Waals surface area contributed by atoms with Gasteiger partial charge in [-0.05, 0) is 82.7 Å². The molecule has 8 rings (SSSR count). The maximum absolute atomic E-state index is 9.29. The normalized spacial score (nSPS) is 11.4. The highest BCUT2D eigenvalue weighted by Crippen LogP contribution is 2.16. The van der Waals surface area contributed by atoms with Crippen molar-refractivity contribution < 1.29 is 19.5 Å². The second kappa shape index (κ2) is 14.2. The van der Waals surface area contributed by atoms with Crippen LogP contribution in [0.1, 0.15) is 28.3 Å². The van der Waals surface area contributed by atoms with E-state index in [0.29, 0.717) is 41.9 Å². The number of aromatic amines is 2. The number of aryl methyl sites for hydroxylation is 2. The van der Waals surface area contributed by atoms with E-state index in [-0.39, 0.29) is 15.5 Å². The maximum Gasteiger partial charge on any atom is 0.314 e. The zero-order valence-electron chi connectivity index (χ0n) is 25.8. The average Bonchev–Trinajstić information content (AvgIpc) is 3.93. The minimum Gasteiger partial charge on any atom is -0.410 e. The Hall–Kier alpha value is -6.35. The molecule has 0 aliphatic rings. The van der Waals surface area contributed by atoms with Gasteiger partial charge in [-0.1, -0.05) is 38.6 Å². The number of aromatic nitrogens is 13. The molecule has 0 amide bonds. The first-order valence-corrected chi connectivity index (χ1v) is 15.1. The number of hydrogen-bond donors (Lipinski definition) is 5. The molecule has 49 heavy (non-hydrogen) atoms. The highest BCUT2D eigenvalue weighted by molar-refractivity contribution is 7.71. The van der Waals surface area contributed by atoms with Crippen LogP contribution >= 0.6 is 24.4 Å². The fourth-order valence-corrected chi connectivity index (χ4v) is 5.06. The molecule has 0 saturated carbocycles. The van der Waals surface area contributed by atoms with Gasteiger partial charge in [0.05, 0.1) is 11.0 Å². The minimum absolute atomic E-state index is 0.179. The van der Waals surface area contributed by atoms with Gasteiger partial charge in [0.1, 0.15) is 39.6 Å². The predicted octanol–water partition coefficient (Wildman–Crippen LogP) is 3.17. The Morgan fingerprint density at radius 2 is 1.18 bits per heavy atom. The summed E-state index contributed by atoms with van der Waals surface area (Å²) in [5.74, 6) is 1.53. The van der Waals surface area contributed by atoms with E-state index in [4.69, 9.17) is 44.4 Å². The molecular formula is C28H27N15O4S2. The quantitative estimate of drug-likeness (QED) is 0.0417. The van der Waals surface area contributed by atoms with E-state index in [1.807, 2.05) is 62.6 Å². The molecule has 0 atom stereocenters.